The van der Waals surface area contributed by atoms with Crippen LogP contribution in [0.4, 0.5) is 0 Å². The summed E-state index contributed by atoms with van der Waals surface area (Å²) >= 11 is 0. The number of nitrogens with two attached hydrogens (primary N) is 2. The second-order valence-corrected chi connectivity index (χ2v) is 10.9. The van der Waals surface area contributed by atoms with Crippen LogP contribution in [0.2, 0.25) is 0 Å². The fourth-order valence-electron chi connectivity index (χ4n) is 3.22. The van der Waals surface area contributed by atoms with E-state index in [0.717, 1.165) is 71.7 Å². The zero-order chi connectivity index (χ0) is 32.5. The maximum Gasteiger partial charge on any atom is 0.0639 e. The molecule has 0 aliphatic heterocycles. The molecule has 13 nitrogen and oxygen atoms in total. The molecule has 0 aliphatic rings. The lowest BCUT2D eigenvalue weighted by Gasteiger charge is -2.25. The van der Waals surface area contributed by atoms with Crippen LogP contribution < -0.4 is 16.8 Å². The topological polar surface area (TPSA) is 181 Å². The molecule has 0 heterocycles. The fraction of sp³-hybridized carbons (Fsp3) is 1.00. The molecule has 0 rings (SSSR count). The Bertz CT molecular complexity index is 453. The first-order valence-corrected chi connectivity index (χ1v) is 15.0. The molecule has 0 aliphatic carbocycles. The molecule has 0 bridgehead atoms. The molecule has 2 unspecified atom stereocenters. The van der Waals surface area contributed by atoms with Gasteiger partial charge in [0, 0.05) is 58.9 Å². The normalized spacial score (nSPS) is 12.6. The second kappa shape index (κ2) is 37.5. The Morgan fingerprint density at radius 1 is 0.561 bits per heavy atom. The zero-order valence-corrected chi connectivity index (χ0v) is 28.0. The molecule has 41 heavy (non-hydrogen) atoms. The van der Waals surface area contributed by atoms with Crippen LogP contribution in [0.3, 0.4) is 0 Å². The van der Waals surface area contributed by atoms with Crippen LogP contribution in [0.15, 0.2) is 0 Å². The van der Waals surface area contributed by atoms with Gasteiger partial charge in [-0.05, 0) is 95.2 Å². The van der Waals surface area contributed by atoms with Crippen LogP contribution in [-0.4, -0.2) is 209 Å². The lowest BCUT2D eigenvalue weighted by molar-refractivity contribution is 0.0817. The van der Waals surface area contributed by atoms with Crippen molar-refractivity contribution in [2.24, 2.45) is 11.5 Å². The highest BCUT2D eigenvalue weighted by Crippen LogP contribution is 1.98. The number of aliphatic hydroxyl groups is 5. The minimum Gasteiger partial charge on any atom is -0.395 e. The van der Waals surface area contributed by atoms with Crippen molar-refractivity contribution in [1.29, 1.82) is 0 Å². The number of hydrogen-bond acceptors (Lipinski definition) is 13. The van der Waals surface area contributed by atoms with E-state index in [1.165, 1.54) is 0 Å². The first-order valence-electron chi connectivity index (χ1n) is 15.0. The number of nitrogens with zero attached hydrogens (tertiary/aromatic N) is 5. The largest absolute Gasteiger partial charge is 0.395 e. The summed E-state index contributed by atoms with van der Waals surface area (Å²) in [5, 5.41) is 46.7. The van der Waals surface area contributed by atoms with Crippen molar-refractivity contribution < 1.29 is 25.5 Å². The van der Waals surface area contributed by atoms with Gasteiger partial charge in [-0.15, -0.1) is 0 Å². The van der Waals surface area contributed by atoms with E-state index in [1.54, 1.807) is 13.8 Å². The summed E-state index contributed by atoms with van der Waals surface area (Å²) in [6.07, 6.45) is 1.41. The number of likely N-dealkylation sites (N-methyl/N-ethyl adjacent to an activating group) is 3. The molecule has 0 spiro atoms. The van der Waals surface area contributed by atoms with Gasteiger partial charge in [-0.25, -0.2) is 0 Å². The maximum atomic E-state index is 9.31. The van der Waals surface area contributed by atoms with Gasteiger partial charge in [0.25, 0.3) is 0 Å². The van der Waals surface area contributed by atoms with Gasteiger partial charge in [0.2, 0.25) is 0 Å². The van der Waals surface area contributed by atoms with E-state index in [1.807, 2.05) is 42.3 Å². The lowest BCUT2D eigenvalue weighted by atomic mass is 10.2. The lowest BCUT2D eigenvalue weighted by Crippen LogP contribution is -2.37. The predicted molar refractivity (Wildman–Crippen MR) is 173 cm³/mol. The van der Waals surface area contributed by atoms with E-state index >= 15 is 0 Å². The first kappa shape index (κ1) is 47.4. The fourth-order valence-corrected chi connectivity index (χ4v) is 3.22. The van der Waals surface area contributed by atoms with Crippen LogP contribution >= 0.6 is 0 Å². The molecule has 10 N–H and O–H groups in total. The van der Waals surface area contributed by atoms with Crippen LogP contribution in [0, 0.1) is 0 Å². The van der Waals surface area contributed by atoms with Crippen molar-refractivity contribution in [3.8, 4) is 0 Å². The minimum atomic E-state index is -0.330. The Labute approximate surface area is 253 Å². The van der Waals surface area contributed by atoms with E-state index < -0.39 is 0 Å². The zero-order valence-electron chi connectivity index (χ0n) is 28.0. The Hall–Kier alpha value is -0.520. The summed E-state index contributed by atoms with van der Waals surface area (Å²) in [5.41, 5.74) is 10.4. The van der Waals surface area contributed by atoms with Crippen LogP contribution in [0.1, 0.15) is 26.7 Å². The molecular formula is C28H72N8O5. The van der Waals surface area contributed by atoms with E-state index in [-0.39, 0.29) is 32.0 Å². The SMILES string of the molecule is CC(O)CN(CCCN(C)C)CC(C)O.CN(C)CCN(C)CCO.CN(CCO)CCCN.NCCNCCO. The van der Waals surface area contributed by atoms with Crippen LogP contribution in [-0.2, 0) is 0 Å². The monoisotopic (exact) mass is 601 g/mol. The molecule has 0 saturated heterocycles. The van der Waals surface area contributed by atoms with Crippen molar-refractivity contribution in [1.82, 2.24) is 29.8 Å². The highest BCUT2D eigenvalue weighted by molar-refractivity contribution is 4.65. The molecule has 2 atom stereocenters. The van der Waals surface area contributed by atoms with E-state index in [0.29, 0.717) is 26.2 Å². The van der Waals surface area contributed by atoms with Crippen molar-refractivity contribution in [3.05, 3.63) is 0 Å². The Morgan fingerprint density at radius 3 is 1.41 bits per heavy atom. The highest BCUT2D eigenvalue weighted by atomic mass is 16.3. The number of hydrogen-bond donors (Lipinski definition) is 8. The molecular weight excluding hydrogens is 528 g/mol. The second-order valence-electron chi connectivity index (χ2n) is 10.9. The van der Waals surface area contributed by atoms with Gasteiger partial charge >= 0.3 is 0 Å². The summed E-state index contributed by atoms with van der Waals surface area (Å²) in [6.45, 7) is 14.9. The number of aliphatic hydroxyl groups excluding tert-OH is 5. The molecule has 0 aromatic carbocycles. The quantitative estimate of drug-likeness (QED) is 0.0600. The molecule has 0 aromatic rings. The third-order valence-corrected chi connectivity index (χ3v) is 5.37. The van der Waals surface area contributed by atoms with E-state index in [4.69, 9.17) is 26.8 Å². The van der Waals surface area contributed by atoms with Crippen molar-refractivity contribution in [2.75, 3.05) is 147 Å². The third-order valence-electron chi connectivity index (χ3n) is 5.37. The van der Waals surface area contributed by atoms with Crippen LogP contribution in [0.5, 0.6) is 0 Å². The summed E-state index contributed by atoms with van der Waals surface area (Å²) < 4.78 is 0. The van der Waals surface area contributed by atoms with Crippen molar-refractivity contribution in [3.63, 3.8) is 0 Å². The highest BCUT2D eigenvalue weighted by Gasteiger charge is 2.10. The summed E-state index contributed by atoms with van der Waals surface area (Å²) in [6, 6.07) is 0. The number of nitrogens with one attached hydrogen (secondary N) is 1. The van der Waals surface area contributed by atoms with Crippen molar-refractivity contribution >= 4 is 0 Å². The summed E-state index contributed by atoms with van der Waals surface area (Å²) in [5.74, 6) is 0. The molecule has 0 fully saturated rings. The molecule has 13 heteroatoms. The van der Waals surface area contributed by atoms with E-state index in [2.05, 4.69) is 29.8 Å². The molecule has 0 amide bonds. The average molecular weight is 601 g/mol. The van der Waals surface area contributed by atoms with Gasteiger partial charge in [0.05, 0.1) is 32.0 Å². The molecule has 0 radical (unpaired) electrons. The smallest absolute Gasteiger partial charge is 0.0639 e. The minimum absolute atomic E-state index is 0.194. The predicted octanol–water partition coefficient (Wildman–Crippen LogP) is -2.74. The average Bonchev–Trinajstić information content (AvgIpc) is 2.87. The van der Waals surface area contributed by atoms with E-state index in [9.17, 15) is 10.2 Å². The van der Waals surface area contributed by atoms with Gasteiger partial charge < -0.3 is 61.9 Å². The first-order chi connectivity index (χ1) is 19.3. The van der Waals surface area contributed by atoms with Gasteiger partial charge in [-0.3, -0.25) is 4.90 Å². The molecule has 0 saturated carbocycles. The maximum absolute atomic E-state index is 9.31. The Kier molecular flexibility index (Phi) is 43.4. The molecule has 0 aromatic heterocycles. The van der Waals surface area contributed by atoms with Crippen LogP contribution in [0.25, 0.3) is 0 Å². The summed E-state index contributed by atoms with van der Waals surface area (Å²) in [7, 11) is 12.2. The Balaban J connectivity index is -0.000000232. The van der Waals surface area contributed by atoms with Crippen molar-refractivity contribution in [2.45, 2.75) is 38.9 Å². The third kappa shape index (κ3) is 52.6. The Morgan fingerprint density at radius 2 is 1.05 bits per heavy atom. The summed E-state index contributed by atoms with van der Waals surface area (Å²) in [4.78, 5) is 10.6. The van der Waals surface area contributed by atoms with Gasteiger partial charge in [-0.2, -0.15) is 0 Å². The van der Waals surface area contributed by atoms with Gasteiger partial charge in [-0.1, -0.05) is 0 Å². The standard InChI is InChI=1S/C11H26N2O2.C7H18N2O.C6H16N2O.C4H12N2O/c1-10(14)8-13(9-11(2)15)7-5-6-12(3)4;1-8(2)4-5-9(3)6-7-10;1-8(5-6-9)4-2-3-7;5-1-2-6-3-4-7/h10-11,14-15H,5-9H2,1-4H3;10H,4-7H2,1-3H3;9H,2-7H2,1H3;6-7H,1-5H2. The molecule has 254 valence electrons. The number of rotatable bonds is 22. The van der Waals surface area contributed by atoms with Gasteiger partial charge in [0.15, 0.2) is 0 Å². The van der Waals surface area contributed by atoms with Gasteiger partial charge in [0.1, 0.15) is 0 Å².